The molecule has 7 heteroatoms. The summed E-state index contributed by atoms with van der Waals surface area (Å²) in [5, 5.41) is 8.67. The average molecular weight is 344 g/mol. The number of guanidine groups is 1. The van der Waals surface area contributed by atoms with Crippen LogP contribution in [-0.4, -0.2) is 46.0 Å². The Morgan fingerprint density at radius 2 is 2.23 bits per heavy atom. The summed E-state index contributed by atoms with van der Waals surface area (Å²) in [6.45, 7) is 5.82. The van der Waals surface area contributed by atoms with Crippen LogP contribution < -0.4 is 10.6 Å². The number of aliphatic imine (C=N–C) groups is 1. The lowest BCUT2D eigenvalue weighted by Crippen LogP contribution is -2.44. The molecule has 1 aliphatic rings. The average Bonchev–Trinajstić information content (AvgIpc) is 3.09. The Hall–Kier alpha value is -1.08. The van der Waals surface area contributed by atoms with Gasteiger partial charge in [0.05, 0.1) is 11.5 Å². The molecule has 2 rings (SSSR count). The molecule has 124 valence electrons. The second kappa shape index (κ2) is 7.00. The Bertz CT molecular complexity index is 607. The summed E-state index contributed by atoms with van der Waals surface area (Å²) in [5.74, 6) is 1.52. The molecule has 0 spiro atoms. The molecule has 0 bridgehead atoms. The van der Waals surface area contributed by atoms with Crippen LogP contribution in [0.4, 0.5) is 0 Å². The molecule has 0 amide bonds. The SMILES string of the molecule is CN=C(NCC1CCS(=O)(=O)C1)NCC(C)(C)c1cccs1. The summed E-state index contributed by atoms with van der Waals surface area (Å²) in [7, 11) is -1.08. The minimum atomic E-state index is -2.81. The summed E-state index contributed by atoms with van der Waals surface area (Å²) in [5.41, 5.74) is 0.0302. The Morgan fingerprint density at radius 1 is 1.45 bits per heavy atom. The molecule has 1 fully saturated rings. The van der Waals surface area contributed by atoms with Gasteiger partial charge in [-0.1, -0.05) is 19.9 Å². The first-order valence-corrected chi connectivity index (χ1v) is 10.2. The van der Waals surface area contributed by atoms with Gasteiger partial charge in [-0.05, 0) is 23.8 Å². The van der Waals surface area contributed by atoms with Gasteiger partial charge in [-0.15, -0.1) is 11.3 Å². The summed E-state index contributed by atoms with van der Waals surface area (Å²) < 4.78 is 22.9. The molecule has 1 aliphatic heterocycles. The topological polar surface area (TPSA) is 70.6 Å². The molecule has 5 nitrogen and oxygen atoms in total. The Kier molecular flexibility index (Phi) is 5.50. The second-order valence-corrected chi connectivity index (χ2v) is 9.61. The van der Waals surface area contributed by atoms with Gasteiger partial charge in [0.15, 0.2) is 15.8 Å². The van der Waals surface area contributed by atoms with Crippen LogP contribution in [0.15, 0.2) is 22.5 Å². The molecule has 1 aromatic rings. The highest BCUT2D eigenvalue weighted by molar-refractivity contribution is 7.91. The number of hydrogen-bond acceptors (Lipinski definition) is 4. The standard InChI is InChI=1S/C15H25N3O2S2/c1-15(2,13-5-4-7-21-13)11-18-14(16-3)17-9-12-6-8-22(19,20)10-12/h4-5,7,12H,6,8-11H2,1-3H3,(H2,16,17,18). The van der Waals surface area contributed by atoms with Gasteiger partial charge >= 0.3 is 0 Å². The van der Waals surface area contributed by atoms with Crippen molar-refractivity contribution >= 4 is 27.1 Å². The van der Waals surface area contributed by atoms with E-state index in [1.807, 2.05) is 0 Å². The monoisotopic (exact) mass is 343 g/mol. The van der Waals surface area contributed by atoms with E-state index in [9.17, 15) is 8.42 Å². The quantitative estimate of drug-likeness (QED) is 0.630. The number of sulfone groups is 1. The molecule has 1 aromatic heterocycles. The smallest absolute Gasteiger partial charge is 0.191 e. The van der Waals surface area contributed by atoms with E-state index in [-0.39, 0.29) is 17.1 Å². The fourth-order valence-corrected chi connectivity index (χ4v) is 5.26. The van der Waals surface area contributed by atoms with Gasteiger partial charge in [0.2, 0.25) is 0 Å². The maximum absolute atomic E-state index is 11.5. The molecule has 0 aromatic carbocycles. The van der Waals surface area contributed by atoms with Gasteiger partial charge in [0.1, 0.15) is 0 Å². The van der Waals surface area contributed by atoms with Crippen LogP contribution in [0, 0.1) is 5.92 Å². The van der Waals surface area contributed by atoms with Gasteiger partial charge < -0.3 is 10.6 Å². The molecule has 0 saturated carbocycles. The third-order valence-corrected chi connectivity index (χ3v) is 7.07. The first kappa shape index (κ1) is 17.3. The lowest BCUT2D eigenvalue weighted by atomic mass is 9.91. The zero-order chi connectivity index (χ0) is 16.2. The van der Waals surface area contributed by atoms with Crippen molar-refractivity contribution in [2.45, 2.75) is 25.7 Å². The van der Waals surface area contributed by atoms with E-state index in [1.165, 1.54) is 4.88 Å². The fraction of sp³-hybridized carbons (Fsp3) is 0.667. The predicted molar refractivity (Wildman–Crippen MR) is 93.5 cm³/mol. The zero-order valence-electron chi connectivity index (χ0n) is 13.4. The van der Waals surface area contributed by atoms with Crippen LogP contribution >= 0.6 is 11.3 Å². The van der Waals surface area contributed by atoms with Crippen LogP contribution in [0.1, 0.15) is 25.1 Å². The Balaban J connectivity index is 1.81. The number of hydrogen-bond donors (Lipinski definition) is 2. The molecule has 1 unspecified atom stereocenters. The molecular formula is C15H25N3O2S2. The highest BCUT2D eigenvalue weighted by Gasteiger charge is 2.28. The molecule has 0 radical (unpaired) electrons. The van der Waals surface area contributed by atoms with Crippen LogP contribution in [0.3, 0.4) is 0 Å². The van der Waals surface area contributed by atoms with E-state index in [4.69, 9.17) is 0 Å². The first-order valence-electron chi connectivity index (χ1n) is 7.51. The van der Waals surface area contributed by atoms with Crippen LogP contribution in [0.5, 0.6) is 0 Å². The minimum Gasteiger partial charge on any atom is -0.356 e. The number of nitrogens with zero attached hydrogens (tertiary/aromatic N) is 1. The minimum absolute atomic E-state index is 0.0302. The molecule has 2 heterocycles. The lowest BCUT2D eigenvalue weighted by molar-refractivity contribution is 0.512. The molecule has 1 atom stereocenters. The van der Waals surface area contributed by atoms with Crippen molar-refractivity contribution in [2.24, 2.45) is 10.9 Å². The van der Waals surface area contributed by atoms with Crippen molar-refractivity contribution < 1.29 is 8.42 Å². The lowest BCUT2D eigenvalue weighted by Gasteiger charge is -2.25. The summed E-state index contributed by atoms with van der Waals surface area (Å²) in [6, 6.07) is 4.21. The molecule has 1 saturated heterocycles. The van der Waals surface area contributed by atoms with E-state index in [0.717, 1.165) is 18.9 Å². The van der Waals surface area contributed by atoms with Crippen LogP contribution in [0.2, 0.25) is 0 Å². The normalized spacial score (nSPS) is 21.8. The van der Waals surface area contributed by atoms with E-state index in [2.05, 4.69) is 47.0 Å². The molecule has 0 aliphatic carbocycles. The number of rotatable bonds is 5. The van der Waals surface area contributed by atoms with Gasteiger partial charge in [-0.25, -0.2) is 8.42 Å². The van der Waals surface area contributed by atoms with Crippen molar-refractivity contribution in [3.8, 4) is 0 Å². The van der Waals surface area contributed by atoms with Gasteiger partial charge in [0, 0.05) is 30.4 Å². The van der Waals surface area contributed by atoms with Crippen molar-refractivity contribution in [2.75, 3.05) is 31.6 Å². The van der Waals surface area contributed by atoms with E-state index >= 15 is 0 Å². The summed E-state index contributed by atoms with van der Waals surface area (Å²) >= 11 is 1.76. The maximum atomic E-state index is 11.5. The molecule has 22 heavy (non-hydrogen) atoms. The third-order valence-electron chi connectivity index (χ3n) is 3.99. The zero-order valence-corrected chi connectivity index (χ0v) is 15.1. The molecule has 2 N–H and O–H groups in total. The number of nitrogens with one attached hydrogen (secondary N) is 2. The van der Waals surface area contributed by atoms with Crippen molar-refractivity contribution in [3.05, 3.63) is 22.4 Å². The van der Waals surface area contributed by atoms with Gasteiger partial charge in [-0.2, -0.15) is 0 Å². The number of thiophene rings is 1. The van der Waals surface area contributed by atoms with Crippen LogP contribution in [-0.2, 0) is 15.3 Å². The molecular weight excluding hydrogens is 318 g/mol. The summed E-state index contributed by atoms with van der Waals surface area (Å²) in [6.07, 6.45) is 0.743. The van der Waals surface area contributed by atoms with Gasteiger partial charge in [0.25, 0.3) is 0 Å². The third kappa shape index (κ3) is 4.71. The van der Waals surface area contributed by atoms with Crippen LogP contribution in [0.25, 0.3) is 0 Å². The van der Waals surface area contributed by atoms with Gasteiger partial charge in [-0.3, -0.25) is 4.99 Å². The first-order chi connectivity index (χ1) is 10.3. The summed E-state index contributed by atoms with van der Waals surface area (Å²) in [4.78, 5) is 5.55. The predicted octanol–water partition coefficient (Wildman–Crippen LogP) is 1.63. The Morgan fingerprint density at radius 3 is 2.77 bits per heavy atom. The van der Waals surface area contributed by atoms with Crippen molar-refractivity contribution in [1.82, 2.24) is 10.6 Å². The fourth-order valence-electron chi connectivity index (χ4n) is 2.55. The largest absolute Gasteiger partial charge is 0.356 e. The van der Waals surface area contributed by atoms with Crippen molar-refractivity contribution in [1.29, 1.82) is 0 Å². The Labute approximate surface area is 137 Å². The highest BCUT2D eigenvalue weighted by atomic mass is 32.2. The van der Waals surface area contributed by atoms with E-state index in [1.54, 1.807) is 18.4 Å². The second-order valence-electron chi connectivity index (χ2n) is 6.44. The van der Waals surface area contributed by atoms with E-state index in [0.29, 0.717) is 12.3 Å². The van der Waals surface area contributed by atoms with Crippen molar-refractivity contribution in [3.63, 3.8) is 0 Å². The van der Waals surface area contributed by atoms with E-state index < -0.39 is 9.84 Å². The highest BCUT2D eigenvalue weighted by Crippen LogP contribution is 2.26. The maximum Gasteiger partial charge on any atom is 0.191 e.